The summed E-state index contributed by atoms with van der Waals surface area (Å²) in [7, 11) is 0. The molecule has 2 aliphatic rings. The van der Waals surface area contributed by atoms with E-state index in [9.17, 15) is 5.11 Å². The Morgan fingerprint density at radius 2 is 2.25 bits per heavy atom. The van der Waals surface area contributed by atoms with Crippen molar-refractivity contribution in [3.63, 3.8) is 0 Å². The lowest BCUT2D eigenvalue weighted by Gasteiger charge is -2.31. The zero-order valence-corrected chi connectivity index (χ0v) is 14.3. The number of benzene rings is 1. The van der Waals surface area contributed by atoms with Crippen molar-refractivity contribution < 1.29 is 5.11 Å². The quantitative estimate of drug-likeness (QED) is 0.785. The third kappa shape index (κ3) is 2.79. The van der Waals surface area contributed by atoms with Gasteiger partial charge in [-0.15, -0.1) is 11.3 Å². The lowest BCUT2D eigenvalue weighted by molar-refractivity contribution is 0.257. The molecule has 5 nitrogen and oxygen atoms in total. The molecule has 2 aliphatic heterocycles. The number of thiophene rings is 1. The van der Waals surface area contributed by atoms with E-state index < -0.39 is 0 Å². The summed E-state index contributed by atoms with van der Waals surface area (Å²) in [6.07, 6.45) is 4.69. The molecule has 0 bridgehead atoms. The van der Waals surface area contributed by atoms with Crippen molar-refractivity contribution in [1.82, 2.24) is 10.2 Å². The van der Waals surface area contributed by atoms with Crippen LogP contribution < -0.4 is 10.6 Å². The lowest BCUT2D eigenvalue weighted by Crippen LogP contribution is -2.44. The van der Waals surface area contributed by atoms with Crippen molar-refractivity contribution in [2.75, 3.05) is 18.5 Å². The van der Waals surface area contributed by atoms with Gasteiger partial charge in [0, 0.05) is 36.5 Å². The number of nitrogens with zero attached hydrogens (tertiary/aromatic N) is 2. The second kappa shape index (κ2) is 6.30. The second-order valence-corrected chi connectivity index (χ2v) is 7.28. The molecule has 0 saturated carbocycles. The third-order valence-electron chi connectivity index (χ3n) is 4.23. The number of aliphatic imine (C=N–C) groups is 1. The highest BCUT2D eigenvalue weighted by molar-refractivity contribution is 7.16. The smallest absolute Gasteiger partial charge is 0.143 e. The zero-order chi connectivity index (χ0) is 16.5. The fourth-order valence-electron chi connectivity index (χ4n) is 3.07. The fraction of sp³-hybridized carbons (Fsp3) is 0.278. The molecular formula is C18H20N4OS. The molecule has 0 fully saturated rings. The van der Waals surface area contributed by atoms with Crippen LogP contribution in [0.4, 0.5) is 16.4 Å². The highest BCUT2D eigenvalue weighted by Crippen LogP contribution is 2.39. The summed E-state index contributed by atoms with van der Waals surface area (Å²) in [6, 6.07) is 10.5. The van der Waals surface area contributed by atoms with Gasteiger partial charge in [-0.25, -0.2) is 4.99 Å². The van der Waals surface area contributed by atoms with E-state index in [1.165, 1.54) is 4.88 Å². The monoisotopic (exact) mass is 340 g/mol. The van der Waals surface area contributed by atoms with E-state index in [4.69, 9.17) is 4.99 Å². The number of anilines is 2. The van der Waals surface area contributed by atoms with Gasteiger partial charge in [0.25, 0.3) is 0 Å². The van der Waals surface area contributed by atoms with Gasteiger partial charge in [-0.1, -0.05) is 12.1 Å². The fourth-order valence-corrected chi connectivity index (χ4v) is 3.99. The largest absolute Gasteiger partial charge is 0.396 e. The summed E-state index contributed by atoms with van der Waals surface area (Å²) in [5.41, 5.74) is 3.10. The minimum atomic E-state index is 0.180. The number of aryl methyl sites for hydroxylation is 1. The number of hydrogen-bond donors (Lipinski definition) is 3. The Kier molecular flexibility index (Phi) is 4.00. The van der Waals surface area contributed by atoms with Crippen molar-refractivity contribution in [2.24, 2.45) is 4.99 Å². The van der Waals surface area contributed by atoms with Crippen molar-refractivity contribution in [3.05, 3.63) is 53.2 Å². The standard InChI is InChI=1S/C18H20N4OS/c1-12-10-14-17(22-8-7-19-13(11-22)6-9-23)20-15-4-2-3-5-16(15)21-18(14)24-12/h2-5,7-8,10,13,19,21,23H,6,9,11H2,1H3/t13-/m0/s1. The molecule has 1 aromatic carbocycles. The maximum atomic E-state index is 9.23. The normalized spacial score (nSPS) is 18.8. The summed E-state index contributed by atoms with van der Waals surface area (Å²) in [5.74, 6) is 0.951. The predicted molar refractivity (Wildman–Crippen MR) is 99.5 cm³/mol. The molecule has 3 heterocycles. The van der Waals surface area contributed by atoms with E-state index in [2.05, 4.69) is 34.6 Å². The van der Waals surface area contributed by atoms with Crippen LogP contribution in [-0.2, 0) is 0 Å². The molecule has 24 heavy (non-hydrogen) atoms. The van der Waals surface area contributed by atoms with E-state index in [1.807, 2.05) is 30.6 Å². The zero-order valence-electron chi connectivity index (χ0n) is 13.5. The molecule has 0 unspecified atom stereocenters. The van der Waals surface area contributed by atoms with Crippen molar-refractivity contribution in [2.45, 2.75) is 19.4 Å². The maximum Gasteiger partial charge on any atom is 0.143 e. The summed E-state index contributed by atoms with van der Waals surface area (Å²) in [5, 5.41) is 17.2. The maximum absolute atomic E-state index is 9.23. The number of fused-ring (bicyclic) bond motifs is 2. The van der Waals surface area contributed by atoms with Gasteiger partial charge < -0.3 is 20.6 Å². The summed E-state index contributed by atoms with van der Waals surface area (Å²) < 4.78 is 0. The third-order valence-corrected chi connectivity index (χ3v) is 5.19. The average molecular weight is 340 g/mol. The molecule has 3 N–H and O–H groups in total. The minimum absolute atomic E-state index is 0.180. The second-order valence-electron chi connectivity index (χ2n) is 6.02. The Labute approximate surface area is 145 Å². The number of aliphatic hydroxyl groups is 1. The molecule has 0 amide bonds. The Morgan fingerprint density at radius 3 is 3.12 bits per heavy atom. The lowest BCUT2D eigenvalue weighted by atomic mass is 10.1. The Morgan fingerprint density at radius 1 is 1.38 bits per heavy atom. The van der Waals surface area contributed by atoms with Gasteiger partial charge in [-0.05, 0) is 31.5 Å². The van der Waals surface area contributed by atoms with Crippen LogP contribution in [-0.4, -0.2) is 35.0 Å². The molecule has 4 rings (SSSR count). The van der Waals surface area contributed by atoms with Crippen LogP contribution in [0.1, 0.15) is 16.9 Å². The molecule has 124 valence electrons. The number of para-hydroxylation sites is 2. The van der Waals surface area contributed by atoms with Crippen LogP contribution in [0.15, 0.2) is 47.7 Å². The summed E-state index contributed by atoms with van der Waals surface area (Å²) in [6.45, 7) is 3.08. The molecule has 0 spiro atoms. The van der Waals surface area contributed by atoms with Crippen LogP contribution in [0.2, 0.25) is 0 Å². The molecule has 1 aromatic heterocycles. The Hall–Kier alpha value is -2.31. The van der Waals surface area contributed by atoms with Crippen molar-refractivity contribution >= 4 is 33.5 Å². The molecule has 2 aromatic rings. The summed E-state index contributed by atoms with van der Waals surface area (Å²) >= 11 is 1.75. The number of nitrogens with one attached hydrogen (secondary N) is 2. The number of aliphatic hydroxyl groups excluding tert-OH is 1. The predicted octanol–water partition coefficient (Wildman–Crippen LogP) is 3.32. The first-order valence-corrected chi connectivity index (χ1v) is 8.92. The molecule has 0 radical (unpaired) electrons. The summed E-state index contributed by atoms with van der Waals surface area (Å²) in [4.78, 5) is 8.38. The van der Waals surface area contributed by atoms with E-state index >= 15 is 0 Å². The van der Waals surface area contributed by atoms with Crippen molar-refractivity contribution in [3.8, 4) is 0 Å². The molecule has 0 saturated heterocycles. The first-order chi connectivity index (χ1) is 11.7. The van der Waals surface area contributed by atoms with E-state index in [1.54, 1.807) is 11.3 Å². The van der Waals surface area contributed by atoms with Gasteiger partial charge in [-0.2, -0.15) is 0 Å². The van der Waals surface area contributed by atoms with Gasteiger partial charge >= 0.3 is 0 Å². The van der Waals surface area contributed by atoms with Gasteiger partial charge in [0.1, 0.15) is 10.8 Å². The molecule has 0 aliphatic carbocycles. The van der Waals surface area contributed by atoms with Crippen LogP contribution in [0.3, 0.4) is 0 Å². The van der Waals surface area contributed by atoms with Crippen LogP contribution in [0.25, 0.3) is 0 Å². The van der Waals surface area contributed by atoms with Gasteiger partial charge in [0.15, 0.2) is 0 Å². The van der Waals surface area contributed by atoms with Crippen molar-refractivity contribution in [1.29, 1.82) is 0 Å². The highest BCUT2D eigenvalue weighted by atomic mass is 32.1. The number of hydrogen-bond acceptors (Lipinski definition) is 6. The van der Waals surface area contributed by atoms with Gasteiger partial charge in [-0.3, -0.25) is 0 Å². The minimum Gasteiger partial charge on any atom is -0.396 e. The average Bonchev–Trinajstić information content (AvgIpc) is 2.87. The van der Waals surface area contributed by atoms with Crippen LogP contribution in [0, 0.1) is 6.92 Å². The van der Waals surface area contributed by atoms with Gasteiger partial charge in [0.05, 0.1) is 16.9 Å². The Balaban J connectivity index is 1.78. The van der Waals surface area contributed by atoms with E-state index in [-0.39, 0.29) is 12.6 Å². The number of amidine groups is 1. The van der Waals surface area contributed by atoms with Gasteiger partial charge in [0.2, 0.25) is 0 Å². The highest BCUT2D eigenvalue weighted by Gasteiger charge is 2.25. The molecule has 6 heteroatoms. The molecule has 1 atom stereocenters. The first kappa shape index (κ1) is 15.2. The van der Waals surface area contributed by atoms with E-state index in [0.29, 0.717) is 0 Å². The first-order valence-electron chi connectivity index (χ1n) is 8.10. The Bertz CT molecular complexity index is 811. The SMILES string of the molecule is Cc1cc2c(s1)Nc1ccccc1N=C2N1C=CN[C@@H](CCO)C1. The van der Waals surface area contributed by atoms with Crippen LogP contribution >= 0.6 is 11.3 Å². The number of rotatable bonds is 2. The van der Waals surface area contributed by atoms with Crippen LogP contribution in [0.5, 0.6) is 0 Å². The molecular weight excluding hydrogens is 320 g/mol. The van der Waals surface area contributed by atoms with E-state index in [0.717, 1.165) is 40.7 Å². The topological polar surface area (TPSA) is 59.9 Å².